The number of sulfonamides is 1. The molecular formula is C14H19ClF2N6O4S. The number of hydrogen-bond donors (Lipinski definition) is 4. The van der Waals surface area contributed by atoms with Gasteiger partial charge in [0.05, 0.1) is 16.3 Å². The van der Waals surface area contributed by atoms with Crippen LogP contribution in [0.2, 0.25) is 5.02 Å². The predicted octanol–water partition coefficient (Wildman–Crippen LogP) is 1.44. The molecular weight excluding hydrogens is 422 g/mol. The number of amides is 1. The van der Waals surface area contributed by atoms with Gasteiger partial charge in [0.25, 0.3) is 5.91 Å². The highest BCUT2D eigenvalue weighted by molar-refractivity contribution is 7.92. The molecule has 0 radical (unpaired) electrons. The predicted molar refractivity (Wildman–Crippen MR) is 99.3 cm³/mol. The normalized spacial score (nSPS) is 13.9. The summed E-state index contributed by atoms with van der Waals surface area (Å²) in [5.41, 5.74) is 4.50. The largest absolute Gasteiger partial charge is 0.433 e. The zero-order valence-corrected chi connectivity index (χ0v) is 16.5. The maximum Gasteiger partial charge on any atom is 0.387 e. The summed E-state index contributed by atoms with van der Waals surface area (Å²) < 4.78 is 55.9. The fraction of sp³-hybridized carbons (Fsp3) is 0.429. The molecule has 0 saturated heterocycles. The van der Waals surface area contributed by atoms with Crippen molar-refractivity contribution in [2.75, 3.05) is 17.0 Å². The van der Waals surface area contributed by atoms with E-state index in [4.69, 9.17) is 11.6 Å². The van der Waals surface area contributed by atoms with Gasteiger partial charge in [0.15, 0.2) is 5.75 Å². The van der Waals surface area contributed by atoms with Gasteiger partial charge in [0, 0.05) is 6.54 Å². The first-order chi connectivity index (χ1) is 13.2. The van der Waals surface area contributed by atoms with E-state index in [1.807, 2.05) is 0 Å². The highest BCUT2D eigenvalue weighted by atomic mass is 35.5. The third-order valence-electron chi connectivity index (χ3n) is 3.44. The van der Waals surface area contributed by atoms with Gasteiger partial charge in [-0.2, -0.15) is 8.78 Å². The first-order valence-corrected chi connectivity index (χ1v) is 10.2. The molecule has 0 spiro atoms. The molecule has 0 unspecified atom stereocenters. The first kappa shape index (κ1) is 21.9. The molecule has 28 heavy (non-hydrogen) atoms. The number of hydrazine groups is 2. The van der Waals surface area contributed by atoms with E-state index in [-0.39, 0.29) is 23.7 Å². The van der Waals surface area contributed by atoms with E-state index in [1.165, 1.54) is 5.01 Å². The second kappa shape index (κ2) is 9.21. The van der Waals surface area contributed by atoms with E-state index in [0.717, 1.165) is 12.1 Å². The van der Waals surface area contributed by atoms with Gasteiger partial charge in [-0.1, -0.05) is 18.5 Å². The number of hydrogen-bond acceptors (Lipinski definition) is 8. The van der Waals surface area contributed by atoms with Crippen LogP contribution >= 0.6 is 11.6 Å². The van der Waals surface area contributed by atoms with Crippen LogP contribution in [0.5, 0.6) is 5.75 Å². The summed E-state index contributed by atoms with van der Waals surface area (Å²) in [5, 5.41) is 7.38. The fourth-order valence-electron chi connectivity index (χ4n) is 2.24. The van der Waals surface area contributed by atoms with Gasteiger partial charge in [-0.25, -0.2) is 14.0 Å². The third kappa shape index (κ3) is 5.33. The number of hydrazone groups is 1. The van der Waals surface area contributed by atoms with Gasteiger partial charge in [-0.3, -0.25) is 19.8 Å². The Morgan fingerprint density at radius 2 is 2.11 bits per heavy atom. The number of ether oxygens (including phenoxy) is 1. The number of alkyl halides is 2. The van der Waals surface area contributed by atoms with Crippen molar-refractivity contribution in [1.82, 2.24) is 21.4 Å². The lowest BCUT2D eigenvalue weighted by Crippen LogP contribution is -2.47. The molecule has 1 aromatic carbocycles. The molecule has 0 aliphatic carbocycles. The molecule has 0 bridgehead atoms. The molecule has 0 fully saturated rings. The van der Waals surface area contributed by atoms with Crippen LogP contribution in [0.15, 0.2) is 17.2 Å². The number of nitrogens with one attached hydrogen (secondary N) is 4. The van der Waals surface area contributed by atoms with Crippen molar-refractivity contribution < 1.29 is 26.7 Å². The van der Waals surface area contributed by atoms with E-state index in [0.29, 0.717) is 6.54 Å². The van der Waals surface area contributed by atoms with Gasteiger partial charge in [0.1, 0.15) is 5.69 Å². The van der Waals surface area contributed by atoms with Crippen LogP contribution in [-0.4, -0.2) is 44.2 Å². The smallest absolute Gasteiger partial charge is 0.387 e. The Kier molecular flexibility index (Phi) is 7.21. The van der Waals surface area contributed by atoms with Crippen molar-refractivity contribution in [3.63, 3.8) is 0 Å². The van der Waals surface area contributed by atoms with Crippen LogP contribution in [0, 0.1) is 0 Å². The summed E-state index contributed by atoms with van der Waals surface area (Å²) in [4.78, 5) is 12.5. The summed E-state index contributed by atoms with van der Waals surface area (Å²) >= 11 is 6.16. The molecule has 14 heteroatoms. The van der Waals surface area contributed by atoms with Crippen molar-refractivity contribution in [1.29, 1.82) is 0 Å². The molecule has 4 N–H and O–H groups in total. The van der Waals surface area contributed by atoms with Crippen LogP contribution in [0.4, 0.5) is 14.5 Å². The molecule has 10 nitrogen and oxygen atoms in total. The molecule has 1 heterocycles. The van der Waals surface area contributed by atoms with Gasteiger partial charge < -0.3 is 4.74 Å². The average Bonchev–Trinajstić information content (AvgIpc) is 3.04. The number of nitrogens with zero attached hydrogens (tertiary/aromatic N) is 2. The van der Waals surface area contributed by atoms with Crippen molar-refractivity contribution in [2.24, 2.45) is 5.10 Å². The van der Waals surface area contributed by atoms with Crippen molar-refractivity contribution >= 4 is 39.2 Å². The van der Waals surface area contributed by atoms with Crippen LogP contribution < -0.4 is 25.8 Å². The summed E-state index contributed by atoms with van der Waals surface area (Å²) in [7, 11) is -3.89. The Balaban J connectivity index is 2.38. The molecule has 156 valence electrons. The molecule has 1 aliphatic heterocycles. The maximum atomic E-state index is 12.7. The maximum absolute atomic E-state index is 12.7. The topological polar surface area (TPSA) is 124 Å². The Hall–Kier alpha value is -2.38. The minimum absolute atomic E-state index is 0.143. The second-order valence-electron chi connectivity index (χ2n) is 5.46. The van der Waals surface area contributed by atoms with Crippen LogP contribution in [0.25, 0.3) is 0 Å². The number of anilines is 1. The number of benzene rings is 1. The molecule has 2 rings (SSSR count). The van der Waals surface area contributed by atoms with E-state index >= 15 is 0 Å². The van der Waals surface area contributed by atoms with E-state index in [1.54, 1.807) is 13.8 Å². The minimum atomic E-state index is -3.89. The summed E-state index contributed by atoms with van der Waals surface area (Å²) in [6.07, 6.45) is 0.283. The quantitative estimate of drug-likeness (QED) is 0.482. The summed E-state index contributed by atoms with van der Waals surface area (Å²) in [5.74, 6) is -1.36. The second-order valence-corrected chi connectivity index (χ2v) is 7.68. The van der Waals surface area contributed by atoms with Gasteiger partial charge in [-0.05, 0) is 25.5 Å². The monoisotopic (exact) mass is 440 g/mol. The highest BCUT2D eigenvalue weighted by Crippen LogP contribution is 2.37. The molecule has 0 saturated carbocycles. The fourth-order valence-corrected chi connectivity index (χ4v) is 3.74. The number of carbonyl (C=O) groups is 1. The lowest BCUT2D eigenvalue weighted by Gasteiger charge is -2.18. The zero-order chi connectivity index (χ0) is 20.9. The number of halogens is 3. The minimum Gasteiger partial charge on any atom is -0.433 e. The zero-order valence-electron chi connectivity index (χ0n) is 14.9. The Bertz CT molecular complexity index is 868. The SMILES string of the molecule is CCCS(=O)(=O)Nc1c(OC(F)F)ccc(C(=O)NC2=NNNN2CC)c1Cl. The Labute approximate surface area is 165 Å². The Morgan fingerprint density at radius 3 is 2.71 bits per heavy atom. The van der Waals surface area contributed by atoms with Crippen LogP contribution in [0.3, 0.4) is 0 Å². The van der Waals surface area contributed by atoms with Crippen LogP contribution in [0.1, 0.15) is 30.6 Å². The number of guanidine groups is 1. The average molecular weight is 441 g/mol. The first-order valence-electron chi connectivity index (χ1n) is 8.13. The lowest BCUT2D eigenvalue weighted by molar-refractivity contribution is -0.0493. The molecule has 0 atom stereocenters. The van der Waals surface area contributed by atoms with E-state index < -0.39 is 39.0 Å². The lowest BCUT2D eigenvalue weighted by atomic mass is 10.1. The summed E-state index contributed by atoms with van der Waals surface area (Å²) in [6.45, 7) is 0.674. The number of rotatable bonds is 8. The van der Waals surface area contributed by atoms with Gasteiger partial charge >= 0.3 is 6.61 Å². The number of carbonyl (C=O) groups excluding carboxylic acids is 1. The van der Waals surface area contributed by atoms with E-state index in [2.05, 4.69) is 30.9 Å². The summed E-state index contributed by atoms with van der Waals surface area (Å²) in [6, 6.07) is 2.17. The highest BCUT2D eigenvalue weighted by Gasteiger charge is 2.25. The third-order valence-corrected chi connectivity index (χ3v) is 5.29. The van der Waals surface area contributed by atoms with Crippen molar-refractivity contribution in [2.45, 2.75) is 26.9 Å². The van der Waals surface area contributed by atoms with E-state index in [9.17, 15) is 22.0 Å². The standard InChI is InChI=1S/C14H19ClF2N6O4S/c1-3-7-28(25,26)20-11-9(27-13(16)17)6-5-8(10(11)15)12(24)18-14-19-21-22-23(14)4-2/h5-6,13,20-22H,3-4,7H2,1-2H3,(H,18,19,24). The Morgan fingerprint density at radius 1 is 1.39 bits per heavy atom. The van der Waals surface area contributed by atoms with Crippen molar-refractivity contribution in [3.8, 4) is 5.75 Å². The molecule has 0 aromatic heterocycles. The van der Waals surface area contributed by atoms with Gasteiger partial charge in [-0.15, -0.1) is 10.6 Å². The van der Waals surface area contributed by atoms with Crippen molar-refractivity contribution in [3.05, 3.63) is 22.7 Å². The molecule has 1 aliphatic rings. The molecule has 1 aromatic rings. The molecule has 1 amide bonds. The van der Waals surface area contributed by atoms with Crippen LogP contribution in [-0.2, 0) is 10.0 Å². The van der Waals surface area contributed by atoms with Gasteiger partial charge in [0.2, 0.25) is 16.0 Å².